The van der Waals surface area contributed by atoms with E-state index in [4.69, 9.17) is 4.42 Å². The Balaban J connectivity index is 1.47. The molecule has 0 bridgehead atoms. The van der Waals surface area contributed by atoms with E-state index in [1.165, 1.54) is 10.9 Å². The zero-order valence-electron chi connectivity index (χ0n) is 18.1. The molecule has 2 amide bonds. The molecule has 5 aromatic rings. The number of aryl methyl sites for hydroxylation is 1. The van der Waals surface area contributed by atoms with Crippen molar-refractivity contribution in [3.8, 4) is 11.5 Å². The first kappa shape index (κ1) is 21.1. The van der Waals surface area contributed by atoms with Gasteiger partial charge in [-0.15, -0.1) is 0 Å². The van der Waals surface area contributed by atoms with Crippen LogP contribution in [-0.2, 0) is 6.54 Å². The first-order chi connectivity index (χ1) is 16.6. The van der Waals surface area contributed by atoms with E-state index in [1.807, 2.05) is 6.07 Å². The van der Waals surface area contributed by atoms with Crippen molar-refractivity contribution in [2.24, 2.45) is 0 Å². The van der Waals surface area contributed by atoms with E-state index >= 15 is 0 Å². The van der Waals surface area contributed by atoms with Crippen molar-refractivity contribution in [1.29, 1.82) is 0 Å². The van der Waals surface area contributed by atoms with Crippen LogP contribution in [-0.4, -0.2) is 26.6 Å². The fourth-order valence-electron chi connectivity index (χ4n) is 3.77. The average Bonchev–Trinajstić information content (AvgIpc) is 3.42. The number of hydrogen-bond donors (Lipinski definition) is 2. The standard InChI is InChI=1S/C25H19N5O4/c1-2-30-25(33)17-10-4-3-9-16(17)22(29-30)24(32)28-27-23(31)18-14-20(21-12-7-13-34-21)26-19-11-6-5-8-15(18)19/h3-14H,2H2,1H3,(H,27,31)(H,28,32). The lowest BCUT2D eigenvalue weighted by Gasteiger charge is -2.12. The number of fused-ring (bicyclic) bond motifs is 2. The summed E-state index contributed by atoms with van der Waals surface area (Å²) in [7, 11) is 0. The number of hydrazine groups is 1. The van der Waals surface area contributed by atoms with E-state index in [1.54, 1.807) is 67.6 Å². The normalized spacial score (nSPS) is 11.0. The number of benzene rings is 2. The maximum atomic E-state index is 13.1. The summed E-state index contributed by atoms with van der Waals surface area (Å²) < 4.78 is 6.64. The van der Waals surface area contributed by atoms with Crippen LogP contribution in [0.1, 0.15) is 27.8 Å². The molecule has 2 N–H and O–H groups in total. The molecule has 2 aromatic carbocycles. The highest BCUT2D eigenvalue weighted by Gasteiger charge is 2.19. The Morgan fingerprint density at radius 1 is 0.912 bits per heavy atom. The maximum Gasteiger partial charge on any atom is 0.290 e. The number of rotatable bonds is 4. The van der Waals surface area contributed by atoms with Crippen molar-refractivity contribution in [2.45, 2.75) is 13.5 Å². The number of pyridine rings is 1. The number of nitrogens with one attached hydrogen (secondary N) is 2. The van der Waals surface area contributed by atoms with Gasteiger partial charge in [0.15, 0.2) is 11.5 Å². The van der Waals surface area contributed by atoms with Gasteiger partial charge >= 0.3 is 0 Å². The Labute approximate surface area is 193 Å². The molecule has 0 spiro atoms. The number of carbonyl (C=O) groups excluding carboxylic acids is 2. The molecule has 0 aliphatic rings. The molecule has 0 atom stereocenters. The van der Waals surface area contributed by atoms with Gasteiger partial charge in [0, 0.05) is 17.3 Å². The van der Waals surface area contributed by atoms with E-state index in [9.17, 15) is 14.4 Å². The molecular weight excluding hydrogens is 434 g/mol. The van der Waals surface area contributed by atoms with Gasteiger partial charge < -0.3 is 4.42 Å². The fraction of sp³-hybridized carbons (Fsp3) is 0.0800. The summed E-state index contributed by atoms with van der Waals surface area (Å²) in [5.41, 5.74) is 6.03. The summed E-state index contributed by atoms with van der Waals surface area (Å²) in [5, 5.41) is 5.58. The molecule has 34 heavy (non-hydrogen) atoms. The average molecular weight is 453 g/mol. The SMILES string of the molecule is CCn1nc(C(=O)NNC(=O)c2cc(-c3ccco3)nc3ccccc23)c2ccccc2c1=O. The second-order valence-corrected chi connectivity index (χ2v) is 7.47. The van der Waals surface area contributed by atoms with Gasteiger partial charge in [-0.1, -0.05) is 36.4 Å². The molecule has 9 heteroatoms. The Morgan fingerprint density at radius 2 is 1.62 bits per heavy atom. The third-order valence-electron chi connectivity index (χ3n) is 5.41. The monoisotopic (exact) mass is 453 g/mol. The largest absolute Gasteiger partial charge is 0.463 e. The number of carbonyl (C=O) groups is 2. The van der Waals surface area contributed by atoms with Crippen molar-refractivity contribution in [3.05, 3.63) is 94.6 Å². The van der Waals surface area contributed by atoms with Crippen LogP contribution in [0.3, 0.4) is 0 Å². The number of para-hydroxylation sites is 1. The van der Waals surface area contributed by atoms with Crippen molar-refractivity contribution in [3.63, 3.8) is 0 Å². The minimum Gasteiger partial charge on any atom is -0.463 e. The fourth-order valence-corrected chi connectivity index (χ4v) is 3.77. The summed E-state index contributed by atoms with van der Waals surface area (Å²) in [5.74, 6) is -0.662. The van der Waals surface area contributed by atoms with Crippen LogP contribution in [0.2, 0.25) is 0 Å². The molecule has 0 aliphatic heterocycles. The summed E-state index contributed by atoms with van der Waals surface area (Å²) >= 11 is 0. The van der Waals surface area contributed by atoms with Crippen LogP contribution >= 0.6 is 0 Å². The first-order valence-corrected chi connectivity index (χ1v) is 10.6. The minimum absolute atomic E-state index is 0.0354. The van der Waals surface area contributed by atoms with Crippen LogP contribution in [0.25, 0.3) is 33.1 Å². The van der Waals surface area contributed by atoms with Crippen molar-refractivity contribution >= 4 is 33.5 Å². The quantitative estimate of drug-likeness (QED) is 0.403. The topological polar surface area (TPSA) is 119 Å². The predicted molar refractivity (Wildman–Crippen MR) is 126 cm³/mol. The molecular formula is C25H19N5O4. The highest BCUT2D eigenvalue weighted by atomic mass is 16.3. The Bertz CT molecular complexity index is 1610. The summed E-state index contributed by atoms with van der Waals surface area (Å²) in [6.45, 7) is 2.06. The van der Waals surface area contributed by atoms with Crippen LogP contribution in [0.4, 0.5) is 0 Å². The van der Waals surface area contributed by atoms with E-state index in [-0.39, 0.29) is 11.3 Å². The molecule has 0 unspecified atom stereocenters. The molecule has 0 saturated carbocycles. The zero-order chi connectivity index (χ0) is 23.7. The lowest BCUT2D eigenvalue weighted by atomic mass is 10.1. The molecule has 168 valence electrons. The van der Waals surface area contributed by atoms with Crippen LogP contribution in [0, 0.1) is 0 Å². The van der Waals surface area contributed by atoms with Gasteiger partial charge in [-0.3, -0.25) is 25.2 Å². The molecule has 0 radical (unpaired) electrons. The van der Waals surface area contributed by atoms with Crippen molar-refractivity contribution in [1.82, 2.24) is 25.6 Å². The highest BCUT2D eigenvalue weighted by molar-refractivity contribution is 6.09. The lowest BCUT2D eigenvalue weighted by Crippen LogP contribution is -2.43. The number of furan rings is 1. The van der Waals surface area contributed by atoms with E-state index in [0.717, 1.165) is 0 Å². The number of hydrogen-bond acceptors (Lipinski definition) is 6. The summed E-state index contributed by atoms with van der Waals surface area (Å²) in [4.78, 5) is 43.1. The second-order valence-electron chi connectivity index (χ2n) is 7.47. The van der Waals surface area contributed by atoms with Crippen molar-refractivity contribution < 1.29 is 14.0 Å². The Hall–Kier alpha value is -4.79. The van der Waals surface area contributed by atoms with Crippen LogP contribution < -0.4 is 16.4 Å². The van der Waals surface area contributed by atoms with E-state index in [2.05, 4.69) is 20.9 Å². The Morgan fingerprint density at radius 3 is 2.35 bits per heavy atom. The molecule has 5 rings (SSSR count). The zero-order valence-corrected chi connectivity index (χ0v) is 18.1. The van der Waals surface area contributed by atoms with Crippen LogP contribution in [0.15, 0.2) is 82.2 Å². The van der Waals surface area contributed by atoms with Crippen molar-refractivity contribution in [2.75, 3.05) is 0 Å². The summed E-state index contributed by atoms with van der Waals surface area (Å²) in [6, 6.07) is 19.0. The molecule has 0 fully saturated rings. The maximum absolute atomic E-state index is 13.1. The van der Waals surface area contributed by atoms with Gasteiger partial charge in [-0.05, 0) is 37.3 Å². The van der Waals surface area contributed by atoms with E-state index in [0.29, 0.717) is 45.2 Å². The number of amides is 2. The number of nitrogens with zero attached hydrogens (tertiary/aromatic N) is 3. The smallest absolute Gasteiger partial charge is 0.290 e. The Kier molecular flexibility index (Phi) is 5.35. The highest BCUT2D eigenvalue weighted by Crippen LogP contribution is 2.25. The van der Waals surface area contributed by atoms with Gasteiger partial charge in [0.2, 0.25) is 0 Å². The third kappa shape index (κ3) is 3.69. The van der Waals surface area contributed by atoms with E-state index < -0.39 is 11.8 Å². The predicted octanol–water partition coefficient (Wildman–Crippen LogP) is 3.30. The van der Waals surface area contributed by atoms with Gasteiger partial charge in [0.1, 0.15) is 5.69 Å². The van der Waals surface area contributed by atoms with Gasteiger partial charge in [-0.25, -0.2) is 9.67 Å². The van der Waals surface area contributed by atoms with Gasteiger partial charge in [0.05, 0.1) is 22.7 Å². The molecule has 3 heterocycles. The first-order valence-electron chi connectivity index (χ1n) is 10.6. The second kappa shape index (κ2) is 8.62. The molecule has 3 aromatic heterocycles. The lowest BCUT2D eigenvalue weighted by molar-refractivity contribution is 0.0844. The molecule has 0 saturated heterocycles. The third-order valence-corrected chi connectivity index (χ3v) is 5.41. The number of aromatic nitrogens is 3. The molecule has 9 nitrogen and oxygen atoms in total. The van der Waals surface area contributed by atoms with Crippen LogP contribution in [0.5, 0.6) is 0 Å². The van der Waals surface area contributed by atoms with Gasteiger partial charge in [-0.2, -0.15) is 5.10 Å². The van der Waals surface area contributed by atoms with Gasteiger partial charge in [0.25, 0.3) is 17.4 Å². The summed E-state index contributed by atoms with van der Waals surface area (Å²) in [6.07, 6.45) is 1.53. The molecule has 0 aliphatic carbocycles. The minimum atomic E-state index is -0.642.